The minimum Gasteiger partial charge on any atom is -0.465 e. The van der Waals surface area contributed by atoms with Crippen LogP contribution in [0.25, 0.3) is 0 Å². The average molecular weight is 419 g/mol. The number of hydrogen-bond donors (Lipinski definition) is 0. The first-order valence-corrected chi connectivity index (χ1v) is 13.2. The molecule has 3 nitrogen and oxygen atoms in total. The molecule has 0 unspecified atom stereocenters. The lowest BCUT2D eigenvalue weighted by atomic mass is 9.62. The zero-order chi connectivity index (χ0) is 21.6. The van der Waals surface area contributed by atoms with Crippen LogP contribution in [0.2, 0.25) is 0 Å². The lowest BCUT2D eigenvalue weighted by Gasteiger charge is -2.42. The first kappa shape index (κ1) is 23.8. The molecule has 0 aromatic rings. The van der Waals surface area contributed by atoms with Crippen LogP contribution in [0.3, 0.4) is 0 Å². The van der Waals surface area contributed by atoms with Gasteiger partial charge in [0, 0.05) is 6.42 Å². The van der Waals surface area contributed by atoms with E-state index in [9.17, 15) is 9.59 Å². The van der Waals surface area contributed by atoms with Crippen LogP contribution in [0.15, 0.2) is 0 Å². The van der Waals surface area contributed by atoms with Gasteiger partial charge in [0.25, 0.3) is 0 Å². The van der Waals surface area contributed by atoms with Gasteiger partial charge < -0.3 is 4.74 Å². The van der Waals surface area contributed by atoms with Crippen LogP contribution in [-0.2, 0) is 14.3 Å². The van der Waals surface area contributed by atoms with Gasteiger partial charge in [0.2, 0.25) is 0 Å². The standard InChI is InChI=1S/C27H46O3/c1-4-6-18-30-26(29)27(3)17-16-24(19-25(27)28)23-14-12-22(13-15-23)21-10-8-20(7-5-2)9-11-21/h20-24H,4-19H2,1-3H3/t20?,21?,22?,23?,24-,27+/m1/s1. The maximum absolute atomic E-state index is 12.9. The van der Waals surface area contributed by atoms with E-state index >= 15 is 0 Å². The minimum atomic E-state index is -0.890. The fraction of sp³-hybridized carbons (Fsp3) is 0.926. The summed E-state index contributed by atoms with van der Waals surface area (Å²) >= 11 is 0. The van der Waals surface area contributed by atoms with Crippen LogP contribution in [-0.4, -0.2) is 18.4 Å². The second-order valence-corrected chi connectivity index (χ2v) is 11.0. The molecule has 3 rings (SSSR count). The van der Waals surface area contributed by atoms with Crippen molar-refractivity contribution in [2.45, 2.75) is 117 Å². The third-order valence-corrected chi connectivity index (χ3v) is 9.00. The molecule has 0 aliphatic heterocycles. The summed E-state index contributed by atoms with van der Waals surface area (Å²) < 4.78 is 5.42. The quantitative estimate of drug-likeness (QED) is 0.239. The van der Waals surface area contributed by atoms with E-state index in [1.807, 2.05) is 6.92 Å². The number of rotatable bonds is 8. The molecule has 3 aliphatic rings. The molecule has 172 valence electrons. The zero-order valence-electron chi connectivity index (χ0n) is 19.9. The predicted molar refractivity (Wildman–Crippen MR) is 122 cm³/mol. The second kappa shape index (κ2) is 11.1. The van der Waals surface area contributed by atoms with E-state index in [1.54, 1.807) is 0 Å². The van der Waals surface area contributed by atoms with Crippen molar-refractivity contribution in [2.75, 3.05) is 6.61 Å². The number of carbonyl (C=O) groups is 2. The molecule has 0 radical (unpaired) electrons. The molecular weight excluding hydrogens is 372 g/mol. The zero-order valence-corrected chi connectivity index (χ0v) is 19.9. The van der Waals surface area contributed by atoms with Crippen LogP contribution in [0, 0.1) is 35.0 Å². The number of esters is 1. The topological polar surface area (TPSA) is 43.4 Å². The van der Waals surface area contributed by atoms with Crippen molar-refractivity contribution in [3.63, 3.8) is 0 Å². The molecule has 0 bridgehead atoms. The summed E-state index contributed by atoms with van der Waals surface area (Å²) in [6.45, 7) is 6.68. The Morgan fingerprint density at radius 1 is 0.867 bits per heavy atom. The van der Waals surface area contributed by atoms with Crippen molar-refractivity contribution in [1.29, 1.82) is 0 Å². The molecule has 0 aromatic carbocycles. The van der Waals surface area contributed by atoms with Crippen LogP contribution < -0.4 is 0 Å². The van der Waals surface area contributed by atoms with Gasteiger partial charge in [-0.25, -0.2) is 0 Å². The molecule has 0 amide bonds. The van der Waals surface area contributed by atoms with Crippen molar-refractivity contribution in [3.05, 3.63) is 0 Å². The van der Waals surface area contributed by atoms with E-state index in [0.717, 1.165) is 37.0 Å². The van der Waals surface area contributed by atoms with E-state index in [1.165, 1.54) is 64.2 Å². The Morgan fingerprint density at radius 3 is 1.97 bits per heavy atom. The van der Waals surface area contributed by atoms with Gasteiger partial charge in [-0.05, 0) is 94.3 Å². The third-order valence-electron chi connectivity index (χ3n) is 9.00. The number of Topliss-reactive ketones (excluding diaryl/α,β-unsaturated/α-hetero) is 1. The Balaban J connectivity index is 1.43. The fourth-order valence-electron chi connectivity index (χ4n) is 6.71. The molecule has 30 heavy (non-hydrogen) atoms. The largest absolute Gasteiger partial charge is 0.465 e. The van der Waals surface area contributed by atoms with Gasteiger partial charge in [-0.2, -0.15) is 0 Å². The van der Waals surface area contributed by atoms with Gasteiger partial charge in [-0.3, -0.25) is 9.59 Å². The first-order chi connectivity index (χ1) is 14.5. The van der Waals surface area contributed by atoms with Crippen LogP contribution in [0.4, 0.5) is 0 Å². The predicted octanol–water partition coefficient (Wildman–Crippen LogP) is 7.12. The number of carbonyl (C=O) groups excluding carboxylic acids is 2. The molecule has 0 N–H and O–H groups in total. The molecule has 3 fully saturated rings. The fourth-order valence-corrected chi connectivity index (χ4v) is 6.71. The maximum Gasteiger partial charge on any atom is 0.319 e. The molecule has 0 spiro atoms. The molecule has 2 atom stereocenters. The average Bonchev–Trinajstić information content (AvgIpc) is 2.77. The monoisotopic (exact) mass is 418 g/mol. The normalized spacial score (nSPS) is 37.7. The highest BCUT2D eigenvalue weighted by Gasteiger charge is 2.47. The van der Waals surface area contributed by atoms with E-state index < -0.39 is 5.41 Å². The summed E-state index contributed by atoms with van der Waals surface area (Å²) in [5.41, 5.74) is -0.890. The minimum absolute atomic E-state index is 0.136. The van der Waals surface area contributed by atoms with Gasteiger partial charge in [-0.1, -0.05) is 46.0 Å². The Kier molecular flexibility index (Phi) is 8.83. The number of unbranched alkanes of at least 4 members (excludes halogenated alkanes) is 1. The van der Waals surface area contributed by atoms with E-state index in [4.69, 9.17) is 4.74 Å². The molecule has 0 saturated heterocycles. The summed E-state index contributed by atoms with van der Waals surface area (Å²) in [6.07, 6.45) is 18.1. The third kappa shape index (κ3) is 5.68. The Bertz CT molecular complexity index is 554. The number of ketones is 1. The van der Waals surface area contributed by atoms with E-state index in [2.05, 4.69) is 13.8 Å². The SMILES string of the molecule is CCCCOC(=O)[C@@]1(C)CC[C@@H](C2CCC(C3CCC(CCC)CC3)CC2)CC1=O. The molecule has 0 heterocycles. The van der Waals surface area contributed by atoms with E-state index in [-0.39, 0.29) is 11.8 Å². The molecular formula is C27H46O3. The van der Waals surface area contributed by atoms with Gasteiger partial charge in [-0.15, -0.1) is 0 Å². The summed E-state index contributed by atoms with van der Waals surface area (Å²) in [6, 6.07) is 0. The van der Waals surface area contributed by atoms with Crippen LogP contribution in [0.1, 0.15) is 117 Å². The molecule has 3 saturated carbocycles. The van der Waals surface area contributed by atoms with Gasteiger partial charge in [0.15, 0.2) is 0 Å². The van der Waals surface area contributed by atoms with Crippen molar-refractivity contribution in [2.24, 2.45) is 35.0 Å². The van der Waals surface area contributed by atoms with Crippen molar-refractivity contribution in [1.82, 2.24) is 0 Å². The Morgan fingerprint density at radius 2 is 1.43 bits per heavy atom. The summed E-state index contributed by atoms with van der Waals surface area (Å²) in [5, 5.41) is 0. The highest BCUT2D eigenvalue weighted by molar-refractivity contribution is 6.04. The van der Waals surface area contributed by atoms with Gasteiger partial charge in [0.05, 0.1) is 6.61 Å². The first-order valence-electron chi connectivity index (χ1n) is 13.2. The van der Waals surface area contributed by atoms with Crippen molar-refractivity contribution < 1.29 is 14.3 Å². The lowest BCUT2D eigenvalue weighted by molar-refractivity contribution is -0.162. The highest BCUT2D eigenvalue weighted by atomic mass is 16.5. The maximum atomic E-state index is 12.9. The van der Waals surface area contributed by atoms with Gasteiger partial charge in [0.1, 0.15) is 11.2 Å². The van der Waals surface area contributed by atoms with Crippen molar-refractivity contribution >= 4 is 11.8 Å². The molecule has 3 heteroatoms. The highest BCUT2D eigenvalue weighted by Crippen LogP contribution is 2.47. The molecule has 0 aromatic heterocycles. The second-order valence-electron chi connectivity index (χ2n) is 11.0. The van der Waals surface area contributed by atoms with E-state index in [0.29, 0.717) is 31.3 Å². The number of hydrogen-bond acceptors (Lipinski definition) is 3. The summed E-state index contributed by atoms with van der Waals surface area (Å²) in [4.78, 5) is 25.5. The van der Waals surface area contributed by atoms with Crippen LogP contribution in [0.5, 0.6) is 0 Å². The lowest BCUT2D eigenvalue weighted by Crippen LogP contribution is -2.44. The summed E-state index contributed by atoms with van der Waals surface area (Å²) in [5.74, 6) is 3.95. The smallest absolute Gasteiger partial charge is 0.319 e. The number of ether oxygens (including phenoxy) is 1. The van der Waals surface area contributed by atoms with Gasteiger partial charge >= 0.3 is 5.97 Å². The summed E-state index contributed by atoms with van der Waals surface area (Å²) in [7, 11) is 0. The Labute approximate surface area is 185 Å². The van der Waals surface area contributed by atoms with Crippen LogP contribution >= 0.6 is 0 Å². The Hall–Kier alpha value is -0.860. The molecule has 3 aliphatic carbocycles. The van der Waals surface area contributed by atoms with Crippen molar-refractivity contribution in [3.8, 4) is 0 Å².